The van der Waals surface area contributed by atoms with Crippen LogP contribution < -0.4 is 5.32 Å². The Kier molecular flexibility index (Phi) is 5.09. The van der Waals surface area contributed by atoms with Crippen molar-refractivity contribution in [1.29, 1.82) is 0 Å². The molecule has 0 unspecified atom stereocenters. The maximum Gasteiger partial charge on any atom is 0.0587 e. The van der Waals surface area contributed by atoms with Gasteiger partial charge in [0.25, 0.3) is 0 Å². The van der Waals surface area contributed by atoms with Gasteiger partial charge in [-0.05, 0) is 18.6 Å². The summed E-state index contributed by atoms with van der Waals surface area (Å²) in [6, 6.07) is 4.29. The highest BCUT2D eigenvalue weighted by Crippen LogP contribution is 2.21. The van der Waals surface area contributed by atoms with E-state index in [9.17, 15) is 0 Å². The molecule has 0 aliphatic carbocycles. The molecule has 17 heavy (non-hydrogen) atoms. The number of nitrogens with zero attached hydrogens (tertiary/aromatic N) is 1. The van der Waals surface area contributed by atoms with Crippen LogP contribution in [0, 0.1) is 6.92 Å². The van der Waals surface area contributed by atoms with Gasteiger partial charge in [-0.3, -0.25) is 4.98 Å². The fourth-order valence-electron chi connectivity index (χ4n) is 1.59. The van der Waals surface area contributed by atoms with Crippen LogP contribution in [-0.2, 0) is 16.7 Å². The Bertz CT molecular complexity index is 356. The third-order valence-corrected chi connectivity index (χ3v) is 2.76. The smallest absolute Gasteiger partial charge is 0.0587 e. The first-order valence-electron chi connectivity index (χ1n) is 6.12. The monoisotopic (exact) mass is 236 g/mol. The lowest BCUT2D eigenvalue weighted by atomic mass is 9.91. The number of aryl methyl sites for hydroxylation is 1. The number of ether oxygens (including phenoxy) is 1. The minimum absolute atomic E-state index is 0.118. The fourth-order valence-corrected chi connectivity index (χ4v) is 1.59. The van der Waals surface area contributed by atoms with Crippen molar-refractivity contribution in [3.63, 3.8) is 0 Å². The van der Waals surface area contributed by atoms with Crippen molar-refractivity contribution in [2.75, 3.05) is 20.3 Å². The quantitative estimate of drug-likeness (QED) is 0.797. The van der Waals surface area contributed by atoms with Gasteiger partial charge in [-0.25, -0.2) is 0 Å². The maximum atomic E-state index is 5.00. The van der Waals surface area contributed by atoms with Crippen LogP contribution in [0.2, 0.25) is 0 Å². The summed E-state index contributed by atoms with van der Waals surface area (Å²) >= 11 is 0. The molecule has 1 rings (SSSR count). The van der Waals surface area contributed by atoms with Gasteiger partial charge >= 0.3 is 0 Å². The number of hydrogen-bond donors (Lipinski definition) is 1. The predicted octanol–water partition coefficient (Wildman–Crippen LogP) is 2.42. The molecule has 1 N–H and O–H groups in total. The summed E-state index contributed by atoms with van der Waals surface area (Å²) < 4.78 is 5.00. The Morgan fingerprint density at radius 1 is 1.29 bits per heavy atom. The largest absolute Gasteiger partial charge is 0.383 e. The first-order chi connectivity index (χ1) is 7.95. The van der Waals surface area contributed by atoms with Gasteiger partial charge in [-0.2, -0.15) is 0 Å². The van der Waals surface area contributed by atoms with E-state index < -0.39 is 0 Å². The Balaban J connectivity index is 2.64. The molecule has 0 aliphatic rings. The van der Waals surface area contributed by atoms with Gasteiger partial charge in [0.05, 0.1) is 6.61 Å². The SMILES string of the molecule is COCCNCc1ccc(C(C)(C)C)nc1C. The van der Waals surface area contributed by atoms with Crippen LogP contribution in [0.25, 0.3) is 0 Å². The molecule has 1 heterocycles. The number of pyridine rings is 1. The summed E-state index contributed by atoms with van der Waals surface area (Å²) in [4.78, 5) is 4.67. The van der Waals surface area contributed by atoms with Gasteiger partial charge in [0, 0.05) is 37.0 Å². The van der Waals surface area contributed by atoms with Gasteiger partial charge in [0.15, 0.2) is 0 Å². The summed E-state index contributed by atoms with van der Waals surface area (Å²) in [5.41, 5.74) is 3.64. The van der Waals surface area contributed by atoms with Gasteiger partial charge < -0.3 is 10.1 Å². The highest BCUT2D eigenvalue weighted by molar-refractivity contribution is 5.25. The first kappa shape index (κ1) is 14.1. The molecular weight excluding hydrogens is 212 g/mol. The third kappa shape index (κ3) is 4.44. The summed E-state index contributed by atoms with van der Waals surface area (Å²) in [6.07, 6.45) is 0. The number of methoxy groups -OCH3 is 1. The normalized spacial score (nSPS) is 11.8. The van der Waals surface area contributed by atoms with E-state index in [2.05, 4.69) is 50.1 Å². The average Bonchev–Trinajstić information content (AvgIpc) is 2.24. The van der Waals surface area contributed by atoms with Crippen LogP contribution >= 0.6 is 0 Å². The van der Waals surface area contributed by atoms with Crippen molar-refractivity contribution >= 4 is 0 Å². The van der Waals surface area contributed by atoms with Crippen molar-refractivity contribution in [2.45, 2.75) is 39.7 Å². The molecule has 0 saturated heterocycles. The van der Waals surface area contributed by atoms with Crippen LogP contribution in [0.4, 0.5) is 0 Å². The minimum atomic E-state index is 0.118. The molecule has 0 atom stereocenters. The number of rotatable bonds is 5. The zero-order chi connectivity index (χ0) is 12.9. The Morgan fingerprint density at radius 3 is 2.53 bits per heavy atom. The molecular formula is C14H24N2O. The third-order valence-electron chi connectivity index (χ3n) is 2.76. The highest BCUT2D eigenvalue weighted by Gasteiger charge is 2.15. The molecule has 0 saturated carbocycles. The predicted molar refractivity (Wildman–Crippen MR) is 71.3 cm³/mol. The van der Waals surface area contributed by atoms with Crippen LogP contribution in [0.3, 0.4) is 0 Å². The maximum absolute atomic E-state index is 5.00. The zero-order valence-electron chi connectivity index (χ0n) is 11.6. The molecule has 1 aromatic rings. The summed E-state index contributed by atoms with van der Waals surface area (Å²) in [5.74, 6) is 0. The van der Waals surface area contributed by atoms with E-state index in [1.54, 1.807) is 7.11 Å². The van der Waals surface area contributed by atoms with Gasteiger partial charge in [-0.1, -0.05) is 26.8 Å². The number of aromatic nitrogens is 1. The minimum Gasteiger partial charge on any atom is -0.383 e. The Hall–Kier alpha value is -0.930. The molecule has 0 radical (unpaired) electrons. The molecule has 0 aromatic carbocycles. The molecule has 3 heteroatoms. The molecule has 0 aliphatic heterocycles. The van der Waals surface area contributed by atoms with Gasteiger partial charge in [0.2, 0.25) is 0 Å². The van der Waals surface area contributed by atoms with Crippen LogP contribution in [0.15, 0.2) is 12.1 Å². The Labute approximate surface area is 105 Å². The Morgan fingerprint density at radius 2 is 2.00 bits per heavy atom. The average molecular weight is 236 g/mol. The van der Waals surface area contributed by atoms with Crippen molar-refractivity contribution in [2.24, 2.45) is 0 Å². The summed E-state index contributed by atoms with van der Waals surface area (Å²) in [7, 11) is 1.71. The van der Waals surface area contributed by atoms with E-state index in [1.165, 1.54) is 5.56 Å². The topological polar surface area (TPSA) is 34.1 Å². The molecule has 96 valence electrons. The van der Waals surface area contributed by atoms with Gasteiger partial charge in [-0.15, -0.1) is 0 Å². The van der Waals surface area contributed by atoms with E-state index in [4.69, 9.17) is 4.74 Å². The first-order valence-corrected chi connectivity index (χ1v) is 6.12. The lowest BCUT2D eigenvalue weighted by molar-refractivity contribution is 0.199. The molecule has 1 aromatic heterocycles. The lowest BCUT2D eigenvalue weighted by Gasteiger charge is -2.19. The van der Waals surface area contributed by atoms with Crippen molar-refractivity contribution in [3.05, 3.63) is 29.1 Å². The second kappa shape index (κ2) is 6.12. The highest BCUT2D eigenvalue weighted by atomic mass is 16.5. The summed E-state index contributed by atoms with van der Waals surface area (Å²) in [6.45, 7) is 11.1. The summed E-state index contributed by atoms with van der Waals surface area (Å²) in [5, 5.41) is 3.34. The van der Waals surface area contributed by atoms with E-state index >= 15 is 0 Å². The van der Waals surface area contributed by atoms with Crippen LogP contribution in [0.5, 0.6) is 0 Å². The van der Waals surface area contributed by atoms with Crippen molar-refractivity contribution in [3.8, 4) is 0 Å². The van der Waals surface area contributed by atoms with Crippen LogP contribution in [0.1, 0.15) is 37.7 Å². The van der Waals surface area contributed by atoms with Crippen LogP contribution in [-0.4, -0.2) is 25.2 Å². The lowest BCUT2D eigenvalue weighted by Crippen LogP contribution is -2.20. The molecule has 3 nitrogen and oxygen atoms in total. The molecule has 0 fully saturated rings. The number of hydrogen-bond acceptors (Lipinski definition) is 3. The fraction of sp³-hybridized carbons (Fsp3) is 0.643. The number of nitrogens with one attached hydrogen (secondary N) is 1. The van der Waals surface area contributed by atoms with Crippen molar-refractivity contribution < 1.29 is 4.74 Å². The van der Waals surface area contributed by atoms with E-state index in [-0.39, 0.29) is 5.41 Å². The second-order valence-corrected chi connectivity index (χ2v) is 5.36. The van der Waals surface area contributed by atoms with E-state index in [1.807, 2.05) is 0 Å². The standard InChI is InChI=1S/C14H24N2O/c1-11-12(10-15-8-9-17-5)6-7-13(16-11)14(2,3)4/h6-7,15H,8-10H2,1-5H3. The molecule has 0 spiro atoms. The van der Waals surface area contributed by atoms with E-state index in [0.29, 0.717) is 0 Å². The zero-order valence-corrected chi connectivity index (χ0v) is 11.6. The molecule has 0 bridgehead atoms. The van der Waals surface area contributed by atoms with Gasteiger partial charge in [0.1, 0.15) is 0 Å². The van der Waals surface area contributed by atoms with Crippen molar-refractivity contribution in [1.82, 2.24) is 10.3 Å². The molecule has 0 amide bonds. The van der Waals surface area contributed by atoms with E-state index in [0.717, 1.165) is 31.1 Å². The second-order valence-electron chi connectivity index (χ2n) is 5.36.